The van der Waals surface area contributed by atoms with E-state index in [9.17, 15) is 14.9 Å². The van der Waals surface area contributed by atoms with Crippen LogP contribution in [-0.4, -0.2) is 41.9 Å². The van der Waals surface area contributed by atoms with Crippen molar-refractivity contribution in [3.05, 3.63) is 56.8 Å². The number of nitro benzene ring substituents is 1. The molecule has 1 aromatic heterocycles. The van der Waals surface area contributed by atoms with Gasteiger partial charge in [-0.3, -0.25) is 14.9 Å². The molecule has 1 aliphatic heterocycles. The van der Waals surface area contributed by atoms with E-state index in [0.29, 0.717) is 26.2 Å². The number of piperazine rings is 1. The molecule has 0 saturated carbocycles. The minimum absolute atomic E-state index is 0.0636. The molecule has 0 aliphatic carbocycles. The Balaban J connectivity index is 1.65. The zero-order valence-corrected chi connectivity index (χ0v) is 12.7. The Morgan fingerprint density at radius 3 is 2.55 bits per heavy atom. The number of carbonyl (C=O) groups is 1. The molecule has 3 rings (SSSR count). The number of nitro groups is 1. The van der Waals surface area contributed by atoms with Gasteiger partial charge in [0.25, 0.3) is 11.6 Å². The van der Waals surface area contributed by atoms with E-state index in [1.165, 1.54) is 17.4 Å². The summed E-state index contributed by atoms with van der Waals surface area (Å²) < 4.78 is 0. The smallest absolute Gasteiger partial charge is 0.271 e. The van der Waals surface area contributed by atoms with Gasteiger partial charge < -0.3 is 9.80 Å². The fraction of sp³-hybridized carbons (Fsp3) is 0.267. The van der Waals surface area contributed by atoms with Crippen molar-refractivity contribution in [3.8, 4) is 0 Å². The number of amides is 1. The summed E-state index contributed by atoms with van der Waals surface area (Å²) in [7, 11) is 0. The number of hydrogen-bond acceptors (Lipinski definition) is 5. The molecule has 1 saturated heterocycles. The Bertz CT molecular complexity index is 679. The van der Waals surface area contributed by atoms with Crippen molar-refractivity contribution in [2.45, 2.75) is 0 Å². The number of hydrogen-bond donors (Lipinski definition) is 0. The highest BCUT2D eigenvalue weighted by molar-refractivity contribution is 7.12. The van der Waals surface area contributed by atoms with Crippen LogP contribution in [0.2, 0.25) is 0 Å². The molecule has 0 N–H and O–H groups in total. The maximum atomic E-state index is 12.3. The van der Waals surface area contributed by atoms with Gasteiger partial charge in [0.1, 0.15) is 0 Å². The molecule has 1 fully saturated rings. The van der Waals surface area contributed by atoms with Crippen molar-refractivity contribution in [1.82, 2.24) is 4.90 Å². The largest absolute Gasteiger partial charge is 0.368 e. The van der Waals surface area contributed by atoms with E-state index in [0.717, 1.165) is 10.6 Å². The fourth-order valence-electron chi connectivity index (χ4n) is 2.53. The maximum Gasteiger partial charge on any atom is 0.271 e. The predicted molar refractivity (Wildman–Crippen MR) is 85.5 cm³/mol. The van der Waals surface area contributed by atoms with Crippen LogP contribution in [0.5, 0.6) is 0 Å². The highest BCUT2D eigenvalue weighted by atomic mass is 32.1. The summed E-state index contributed by atoms with van der Waals surface area (Å²) in [5, 5.41) is 12.7. The molecule has 0 atom stereocenters. The Morgan fingerprint density at radius 1 is 1.14 bits per heavy atom. The van der Waals surface area contributed by atoms with Gasteiger partial charge in [-0.2, -0.15) is 0 Å². The zero-order valence-electron chi connectivity index (χ0n) is 11.8. The molecule has 114 valence electrons. The maximum absolute atomic E-state index is 12.3. The first-order valence-electron chi connectivity index (χ1n) is 6.97. The quantitative estimate of drug-likeness (QED) is 0.645. The topological polar surface area (TPSA) is 66.7 Å². The van der Waals surface area contributed by atoms with E-state index in [1.807, 2.05) is 28.5 Å². The van der Waals surface area contributed by atoms with E-state index in [1.54, 1.807) is 12.1 Å². The highest BCUT2D eigenvalue weighted by Gasteiger charge is 2.23. The molecule has 2 heterocycles. The molecule has 0 unspecified atom stereocenters. The number of non-ortho nitro benzene ring substituents is 1. The van der Waals surface area contributed by atoms with E-state index in [2.05, 4.69) is 4.90 Å². The Kier molecular flexibility index (Phi) is 4.06. The summed E-state index contributed by atoms with van der Waals surface area (Å²) in [5.74, 6) is 0.0636. The lowest BCUT2D eigenvalue weighted by Gasteiger charge is -2.35. The second kappa shape index (κ2) is 6.15. The average molecular weight is 317 g/mol. The summed E-state index contributed by atoms with van der Waals surface area (Å²) in [4.78, 5) is 27.4. The molecule has 22 heavy (non-hydrogen) atoms. The molecule has 1 amide bonds. The van der Waals surface area contributed by atoms with Gasteiger partial charge in [0.05, 0.1) is 9.80 Å². The number of thiophene rings is 1. The van der Waals surface area contributed by atoms with Gasteiger partial charge in [-0.25, -0.2) is 0 Å². The third-order valence-electron chi connectivity index (χ3n) is 3.70. The van der Waals surface area contributed by atoms with Crippen LogP contribution in [0.3, 0.4) is 0 Å². The SMILES string of the molecule is O=C(c1cccs1)N1CCN(c2cccc([N+](=O)[O-])c2)CC1. The first-order chi connectivity index (χ1) is 10.6. The Labute approximate surface area is 131 Å². The first kappa shape index (κ1) is 14.5. The molecule has 0 radical (unpaired) electrons. The molecule has 7 heteroatoms. The molecular weight excluding hydrogens is 302 g/mol. The molecule has 6 nitrogen and oxygen atoms in total. The van der Waals surface area contributed by atoms with Gasteiger partial charge in [0.2, 0.25) is 0 Å². The lowest BCUT2D eigenvalue weighted by Crippen LogP contribution is -2.48. The third-order valence-corrected chi connectivity index (χ3v) is 4.56. The van der Waals surface area contributed by atoms with Crippen LogP contribution >= 0.6 is 11.3 Å². The second-order valence-corrected chi connectivity index (χ2v) is 5.98. The monoisotopic (exact) mass is 317 g/mol. The number of nitrogens with zero attached hydrogens (tertiary/aromatic N) is 3. The molecule has 1 aromatic carbocycles. The first-order valence-corrected chi connectivity index (χ1v) is 7.85. The number of anilines is 1. The number of benzene rings is 1. The highest BCUT2D eigenvalue weighted by Crippen LogP contribution is 2.23. The van der Waals surface area contributed by atoms with Crippen LogP contribution in [0.1, 0.15) is 9.67 Å². The fourth-order valence-corrected chi connectivity index (χ4v) is 3.22. The predicted octanol–water partition coefficient (Wildman–Crippen LogP) is 2.62. The Morgan fingerprint density at radius 2 is 1.91 bits per heavy atom. The molecule has 2 aromatic rings. The summed E-state index contributed by atoms with van der Waals surface area (Å²) in [6.45, 7) is 2.61. The van der Waals surface area contributed by atoms with E-state index >= 15 is 0 Å². The minimum Gasteiger partial charge on any atom is -0.368 e. The summed E-state index contributed by atoms with van der Waals surface area (Å²) in [6.07, 6.45) is 0. The molecule has 0 spiro atoms. The molecule has 0 bridgehead atoms. The van der Waals surface area contributed by atoms with Crippen LogP contribution in [0.15, 0.2) is 41.8 Å². The van der Waals surface area contributed by atoms with Crippen molar-refractivity contribution in [2.75, 3.05) is 31.1 Å². The van der Waals surface area contributed by atoms with Crippen LogP contribution in [0, 0.1) is 10.1 Å². The molecule has 1 aliphatic rings. The van der Waals surface area contributed by atoms with Gasteiger partial charge in [-0.15, -0.1) is 11.3 Å². The van der Waals surface area contributed by atoms with Crippen molar-refractivity contribution in [3.63, 3.8) is 0 Å². The van der Waals surface area contributed by atoms with Gasteiger partial charge in [0, 0.05) is 44.0 Å². The van der Waals surface area contributed by atoms with Crippen molar-refractivity contribution in [1.29, 1.82) is 0 Å². The zero-order chi connectivity index (χ0) is 15.5. The van der Waals surface area contributed by atoms with E-state index in [-0.39, 0.29) is 16.5 Å². The molecular formula is C15H15N3O3S. The third kappa shape index (κ3) is 2.94. The normalized spacial score (nSPS) is 14.9. The van der Waals surface area contributed by atoms with Gasteiger partial charge in [-0.1, -0.05) is 12.1 Å². The van der Waals surface area contributed by atoms with Crippen LogP contribution < -0.4 is 4.90 Å². The average Bonchev–Trinajstić information content (AvgIpc) is 3.09. The lowest BCUT2D eigenvalue weighted by atomic mass is 10.2. The van der Waals surface area contributed by atoms with E-state index < -0.39 is 0 Å². The summed E-state index contributed by atoms with van der Waals surface area (Å²) >= 11 is 1.45. The van der Waals surface area contributed by atoms with Gasteiger partial charge >= 0.3 is 0 Å². The van der Waals surface area contributed by atoms with Crippen LogP contribution in [0.4, 0.5) is 11.4 Å². The number of rotatable bonds is 3. The van der Waals surface area contributed by atoms with Crippen LogP contribution in [0.25, 0.3) is 0 Å². The van der Waals surface area contributed by atoms with Gasteiger partial charge in [0.15, 0.2) is 0 Å². The summed E-state index contributed by atoms with van der Waals surface area (Å²) in [6, 6.07) is 10.3. The Hall–Kier alpha value is -2.41. The number of carbonyl (C=O) groups excluding carboxylic acids is 1. The van der Waals surface area contributed by atoms with Gasteiger partial charge in [-0.05, 0) is 17.5 Å². The van der Waals surface area contributed by atoms with Crippen molar-refractivity contribution in [2.24, 2.45) is 0 Å². The minimum atomic E-state index is -0.389. The standard InChI is InChI=1S/C15H15N3O3S/c19-15(14-5-2-10-22-14)17-8-6-16(7-9-17)12-3-1-4-13(11-12)18(20)21/h1-5,10-11H,6-9H2. The van der Waals surface area contributed by atoms with E-state index in [4.69, 9.17) is 0 Å². The lowest BCUT2D eigenvalue weighted by molar-refractivity contribution is -0.384. The summed E-state index contributed by atoms with van der Waals surface area (Å²) in [5.41, 5.74) is 0.923. The van der Waals surface area contributed by atoms with Crippen molar-refractivity contribution < 1.29 is 9.72 Å². The van der Waals surface area contributed by atoms with Crippen LogP contribution in [-0.2, 0) is 0 Å². The van der Waals surface area contributed by atoms with Crippen molar-refractivity contribution >= 4 is 28.6 Å². The second-order valence-electron chi connectivity index (χ2n) is 5.03.